The molecule has 0 aliphatic heterocycles. The minimum atomic E-state index is 0.298. The van der Waals surface area contributed by atoms with Crippen LogP contribution in [0.5, 0.6) is 0 Å². The van der Waals surface area contributed by atoms with E-state index in [0.29, 0.717) is 5.54 Å². The second-order valence-electron chi connectivity index (χ2n) is 3.25. The van der Waals surface area contributed by atoms with E-state index in [4.69, 9.17) is 0 Å². The molecule has 0 amide bonds. The summed E-state index contributed by atoms with van der Waals surface area (Å²) in [6.45, 7) is 6.69. The van der Waals surface area contributed by atoms with Crippen molar-refractivity contribution in [3.8, 4) is 0 Å². The Morgan fingerprint density at radius 1 is 1.09 bits per heavy atom. The topological polar surface area (TPSA) is 12.0 Å². The summed E-state index contributed by atoms with van der Waals surface area (Å²) < 4.78 is 3.16. The van der Waals surface area contributed by atoms with E-state index in [2.05, 4.69) is 38.3 Å². The smallest absolute Gasteiger partial charge is 0.0277 e. The van der Waals surface area contributed by atoms with Crippen molar-refractivity contribution in [3.05, 3.63) is 0 Å². The molecule has 0 saturated heterocycles. The fourth-order valence-electron chi connectivity index (χ4n) is 1.63. The Balaban J connectivity index is 3.96. The number of hydrogen-bond donors (Lipinski definition) is 2. The molecule has 2 heteroatoms. The molecule has 68 valence electrons. The van der Waals surface area contributed by atoms with Gasteiger partial charge in [0.05, 0.1) is 0 Å². The lowest BCUT2D eigenvalue weighted by Gasteiger charge is -2.31. The van der Waals surface area contributed by atoms with E-state index in [1.807, 2.05) is 0 Å². The predicted molar refractivity (Wildman–Crippen MR) is 55.0 cm³/mol. The van der Waals surface area contributed by atoms with Crippen LogP contribution in [-0.2, 0) is 0 Å². The van der Waals surface area contributed by atoms with Gasteiger partial charge in [0.25, 0.3) is 0 Å². The fraction of sp³-hybridized carbons (Fsp3) is 1.00. The third kappa shape index (κ3) is 3.48. The lowest BCUT2D eigenvalue weighted by molar-refractivity contribution is 0.322. The van der Waals surface area contributed by atoms with E-state index in [1.54, 1.807) is 0 Å². The lowest BCUT2D eigenvalue weighted by atomic mass is 9.87. The minimum absolute atomic E-state index is 0.298. The van der Waals surface area contributed by atoms with Crippen LogP contribution < -0.4 is 4.72 Å². The molecule has 1 nitrogen and oxygen atoms in total. The Hall–Kier alpha value is 0.310. The zero-order valence-corrected chi connectivity index (χ0v) is 8.88. The molecule has 0 aromatic rings. The van der Waals surface area contributed by atoms with Gasteiger partial charge >= 0.3 is 0 Å². The molecule has 0 aromatic carbocycles. The summed E-state index contributed by atoms with van der Waals surface area (Å²) >= 11 is 4.20. The first-order valence-electron chi connectivity index (χ1n) is 4.66. The van der Waals surface area contributed by atoms with Gasteiger partial charge in [-0.15, -0.1) is 0 Å². The quantitative estimate of drug-likeness (QED) is 0.591. The molecule has 0 spiro atoms. The summed E-state index contributed by atoms with van der Waals surface area (Å²) in [6, 6.07) is 0. The zero-order valence-electron chi connectivity index (χ0n) is 7.98. The highest BCUT2D eigenvalue weighted by Crippen LogP contribution is 2.23. The van der Waals surface area contributed by atoms with Crippen LogP contribution in [-0.4, -0.2) is 5.54 Å². The van der Waals surface area contributed by atoms with Crippen molar-refractivity contribution in [2.45, 2.75) is 58.4 Å². The van der Waals surface area contributed by atoms with Gasteiger partial charge in [-0.3, -0.25) is 4.72 Å². The maximum absolute atomic E-state index is 4.20. The first-order valence-corrected chi connectivity index (χ1v) is 5.10. The van der Waals surface area contributed by atoms with E-state index in [1.165, 1.54) is 32.1 Å². The highest BCUT2D eigenvalue weighted by molar-refractivity contribution is 7.78. The molecule has 0 bridgehead atoms. The molecule has 0 saturated carbocycles. The van der Waals surface area contributed by atoms with E-state index < -0.39 is 0 Å². The summed E-state index contributed by atoms with van der Waals surface area (Å²) in [5, 5.41) is 0. The van der Waals surface area contributed by atoms with Gasteiger partial charge in [-0.1, -0.05) is 46.4 Å². The summed E-state index contributed by atoms with van der Waals surface area (Å²) in [6.07, 6.45) is 6.13. The average molecular weight is 175 g/mol. The minimum Gasteiger partial charge on any atom is -0.261 e. The SMILES string of the molecule is CCCC(CC)(CCC)NS. The van der Waals surface area contributed by atoms with Crippen molar-refractivity contribution in [1.82, 2.24) is 4.72 Å². The number of nitrogens with one attached hydrogen (secondary N) is 1. The number of hydrogen-bond acceptors (Lipinski definition) is 2. The van der Waals surface area contributed by atoms with Crippen LogP contribution in [0.25, 0.3) is 0 Å². The van der Waals surface area contributed by atoms with Crippen LogP contribution in [0.1, 0.15) is 52.9 Å². The van der Waals surface area contributed by atoms with Crippen LogP contribution in [0.15, 0.2) is 0 Å². The highest BCUT2D eigenvalue weighted by atomic mass is 32.1. The van der Waals surface area contributed by atoms with Crippen LogP contribution in [0, 0.1) is 0 Å². The Morgan fingerprint density at radius 2 is 1.55 bits per heavy atom. The van der Waals surface area contributed by atoms with Gasteiger partial charge in [0.2, 0.25) is 0 Å². The van der Waals surface area contributed by atoms with Crippen LogP contribution in [0.3, 0.4) is 0 Å². The molecule has 0 radical (unpaired) electrons. The molecule has 0 heterocycles. The van der Waals surface area contributed by atoms with Gasteiger partial charge in [-0.05, 0) is 19.3 Å². The fourth-order valence-corrected chi connectivity index (χ4v) is 2.01. The molecule has 11 heavy (non-hydrogen) atoms. The molecule has 0 rings (SSSR count). The predicted octanol–water partition coefficient (Wildman–Crippen LogP) is 3.17. The Kier molecular flexibility index (Phi) is 6.06. The standard InChI is InChI=1S/C9H21NS/c1-4-7-9(6-3,10-11)8-5-2/h10-11H,4-8H2,1-3H3. The third-order valence-electron chi connectivity index (χ3n) is 2.37. The van der Waals surface area contributed by atoms with E-state index in [-0.39, 0.29) is 0 Å². The first kappa shape index (κ1) is 11.3. The van der Waals surface area contributed by atoms with E-state index >= 15 is 0 Å². The van der Waals surface area contributed by atoms with Crippen molar-refractivity contribution in [2.75, 3.05) is 0 Å². The maximum atomic E-state index is 4.20. The van der Waals surface area contributed by atoms with Gasteiger partial charge < -0.3 is 0 Å². The molecular formula is C9H21NS. The van der Waals surface area contributed by atoms with Gasteiger partial charge in [0.15, 0.2) is 0 Å². The molecule has 1 N–H and O–H groups in total. The summed E-state index contributed by atoms with van der Waals surface area (Å²) in [7, 11) is 0. The molecule has 0 atom stereocenters. The Morgan fingerprint density at radius 3 is 1.73 bits per heavy atom. The van der Waals surface area contributed by atoms with Gasteiger partial charge in [0.1, 0.15) is 0 Å². The van der Waals surface area contributed by atoms with Crippen molar-refractivity contribution in [3.63, 3.8) is 0 Å². The van der Waals surface area contributed by atoms with Crippen LogP contribution >= 0.6 is 12.8 Å². The normalized spacial score (nSPS) is 12.0. The summed E-state index contributed by atoms with van der Waals surface area (Å²) in [5.41, 5.74) is 0.298. The first-order chi connectivity index (χ1) is 5.24. The Bertz CT molecular complexity index is 81.6. The molecule has 0 aliphatic rings. The molecule has 0 fully saturated rings. The van der Waals surface area contributed by atoms with E-state index in [0.717, 1.165) is 0 Å². The number of thiol groups is 1. The summed E-state index contributed by atoms with van der Waals surface area (Å²) in [4.78, 5) is 0. The second-order valence-corrected chi connectivity index (χ2v) is 3.47. The van der Waals surface area contributed by atoms with Gasteiger partial charge in [0, 0.05) is 5.54 Å². The second kappa shape index (κ2) is 5.90. The third-order valence-corrected chi connectivity index (χ3v) is 2.85. The maximum Gasteiger partial charge on any atom is 0.0277 e. The van der Waals surface area contributed by atoms with E-state index in [9.17, 15) is 0 Å². The van der Waals surface area contributed by atoms with Gasteiger partial charge in [-0.25, -0.2) is 0 Å². The zero-order chi connectivity index (χ0) is 8.74. The van der Waals surface area contributed by atoms with Crippen LogP contribution in [0.2, 0.25) is 0 Å². The summed E-state index contributed by atoms with van der Waals surface area (Å²) in [5.74, 6) is 0. The van der Waals surface area contributed by atoms with Crippen LogP contribution in [0.4, 0.5) is 0 Å². The monoisotopic (exact) mass is 175 g/mol. The molecule has 0 aromatic heterocycles. The van der Waals surface area contributed by atoms with Crippen molar-refractivity contribution in [1.29, 1.82) is 0 Å². The van der Waals surface area contributed by atoms with Crippen molar-refractivity contribution < 1.29 is 0 Å². The molecule has 0 aliphatic carbocycles. The lowest BCUT2D eigenvalue weighted by Crippen LogP contribution is -2.38. The average Bonchev–Trinajstić information content (AvgIpc) is 2.04. The highest BCUT2D eigenvalue weighted by Gasteiger charge is 2.23. The molecular weight excluding hydrogens is 154 g/mol. The molecule has 0 unspecified atom stereocenters. The van der Waals surface area contributed by atoms with Gasteiger partial charge in [-0.2, -0.15) is 0 Å². The number of rotatable bonds is 6. The largest absolute Gasteiger partial charge is 0.261 e. The van der Waals surface area contributed by atoms with Crippen molar-refractivity contribution in [2.24, 2.45) is 0 Å². The van der Waals surface area contributed by atoms with Crippen molar-refractivity contribution >= 4 is 12.8 Å². The Labute approximate surface area is 76.5 Å².